The first-order valence-corrected chi connectivity index (χ1v) is 5.03. The quantitative estimate of drug-likeness (QED) is 0.444. The van der Waals surface area contributed by atoms with Gasteiger partial charge in [0.15, 0.2) is 0 Å². The van der Waals surface area contributed by atoms with Crippen LogP contribution in [0.5, 0.6) is 0 Å². The van der Waals surface area contributed by atoms with E-state index in [4.69, 9.17) is 9.05 Å². The Morgan fingerprint density at radius 2 is 2.50 bits per heavy atom. The Hall–Kier alpha value is 0.0500. The molecule has 3 nitrogen and oxygen atoms in total. The van der Waals surface area contributed by atoms with E-state index in [0.717, 1.165) is 0 Å². The van der Waals surface area contributed by atoms with Crippen molar-refractivity contribution < 1.29 is 13.9 Å². The summed E-state index contributed by atoms with van der Waals surface area (Å²) >= 11 is 0. The van der Waals surface area contributed by atoms with Crippen LogP contribution >= 0.6 is 7.94 Å². The monoisotopic (exact) mass is 162 g/mol. The summed E-state index contributed by atoms with van der Waals surface area (Å²) in [7, 11) is -2.70. The molecule has 0 aromatic heterocycles. The highest BCUT2D eigenvalue weighted by Gasteiger charge is 2.29. The predicted octanol–water partition coefficient (Wildman–Crippen LogP) is 0.732. The van der Waals surface area contributed by atoms with Crippen LogP contribution in [0.25, 0.3) is 0 Å². The largest absolute Gasteiger partial charge is 0.631 e. The van der Waals surface area contributed by atoms with E-state index in [-0.39, 0.29) is 0 Å². The molecule has 1 heterocycles. The highest BCUT2D eigenvalue weighted by Crippen LogP contribution is 2.53. The van der Waals surface area contributed by atoms with Gasteiger partial charge in [-0.15, -0.1) is 0 Å². The van der Waals surface area contributed by atoms with Gasteiger partial charge in [-0.3, -0.25) is 0 Å². The third-order valence-corrected chi connectivity index (χ3v) is 3.04. The lowest BCUT2D eigenvalue weighted by atomic mass is 10.6. The Kier molecular flexibility index (Phi) is 2.81. The summed E-state index contributed by atoms with van der Waals surface area (Å²) in [4.78, 5) is 11.3. The number of hydrogen-bond donors (Lipinski definition) is 0. The summed E-state index contributed by atoms with van der Waals surface area (Å²) in [5, 5.41) is 0. The van der Waals surface area contributed by atoms with Crippen LogP contribution in [0.1, 0.15) is 6.92 Å². The molecule has 0 spiro atoms. The average Bonchev–Trinajstić information content (AvgIpc) is 1.89. The molecule has 1 aliphatic rings. The summed E-state index contributed by atoms with van der Waals surface area (Å²) < 4.78 is 9.90. The molecule has 0 radical (unpaired) electrons. The second-order valence-electron chi connectivity index (χ2n) is 1.98. The zero-order valence-electron chi connectivity index (χ0n) is 5.95. The van der Waals surface area contributed by atoms with E-state index in [1.54, 1.807) is 6.92 Å². The molecule has 0 aromatic rings. The molecule has 1 unspecified atom stereocenters. The zero-order valence-corrected chi connectivity index (χ0v) is 6.84. The van der Waals surface area contributed by atoms with E-state index in [0.29, 0.717) is 19.4 Å². The predicted molar refractivity (Wildman–Crippen MR) is 38.5 cm³/mol. The molecule has 0 aliphatic carbocycles. The molecular weight excluding hydrogens is 151 g/mol. The molecule has 0 N–H and O–H groups in total. The van der Waals surface area contributed by atoms with Gasteiger partial charge in [0, 0.05) is 0 Å². The standard InChI is InChI=1S/C6H11O3P/c1-2-8-10(7)6-4-3-5-9-10/h3-4H,2,5-6H2,1H3. The van der Waals surface area contributed by atoms with Crippen LogP contribution in [-0.2, 0) is 9.05 Å². The third kappa shape index (κ3) is 2.03. The maximum Gasteiger partial charge on any atom is 0.241 e. The fourth-order valence-corrected chi connectivity index (χ4v) is 2.17. The molecule has 1 rings (SSSR count). The molecule has 1 aliphatic heterocycles. The van der Waals surface area contributed by atoms with Gasteiger partial charge in [-0.05, 0) is 13.0 Å². The van der Waals surface area contributed by atoms with Gasteiger partial charge in [-0.2, -0.15) is 0 Å². The Bertz CT molecular complexity index is 137. The van der Waals surface area contributed by atoms with Crippen molar-refractivity contribution in [2.75, 3.05) is 19.4 Å². The molecular formula is C6H11O3P. The Morgan fingerprint density at radius 1 is 1.70 bits per heavy atom. The van der Waals surface area contributed by atoms with Crippen molar-refractivity contribution in [2.24, 2.45) is 0 Å². The lowest BCUT2D eigenvalue weighted by molar-refractivity contribution is -0.217. The lowest BCUT2D eigenvalue weighted by Gasteiger charge is -2.27. The van der Waals surface area contributed by atoms with Gasteiger partial charge in [-0.1, -0.05) is 6.08 Å². The van der Waals surface area contributed by atoms with Crippen molar-refractivity contribution in [3.63, 3.8) is 0 Å². The SMILES string of the molecule is CCO[P+]1([O-])CC=CCO1. The van der Waals surface area contributed by atoms with Gasteiger partial charge in [0.25, 0.3) is 0 Å². The first kappa shape index (κ1) is 8.15. The van der Waals surface area contributed by atoms with E-state index in [2.05, 4.69) is 0 Å². The van der Waals surface area contributed by atoms with E-state index >= 15 is 0 Å². The molecule has 4 heteroatoms. The minimum absolute atomic E-state index is 0.414. The van der Waals surface area contributed by atoms with Crippen LogP contribution in [0, 0.1) is 0 Å². The van der Waals surface area contributed by atoms with Crippen LogP contribution in [0.15, 0.2) is 12.2 Å². The van der Waals surface area contributed by atoms with Gasteiger partial charge >= 0.3 is 0 Å². The van der Waals surface area contributed by atoms with Crippen LogP contribution in [-0.4, -0.2) is 19.4 Å². The molecule has 0 amide bonds. The smallest absolute Gasteiger partial charge is 0.241 e. The average molecular weight is 162 g/mol. The van der Waals surface area contributed by atoms with Crippen molar-refractivity contribution in [3.8, 4) is 0 Å². The van der Waals surface area contributed by atoms with E-state index < -0.39 is 7.94 Å². The van der Waals surface area contributed by atoms with Crippen molar-refractivity contribution >= 4 is 7.94 Å². The van der Waals surface area contributed by atoms with Crippen molar-refractivity contribution in [1.82, 2.24) is 0 Å². The molecule has 1 atom stereocenters. The summed E-state index contributed by atoms with van der Waals surface area (Å²) in [6, 6.07) is 0. The second-order valence-corrected chi connectivity index (χ2v) is 4.08. The lowest BCUT2D eigenvalue weighted by Crippen LogP contribution is -2.20. The minimum Gasteiger partial charge on any atom is -0.631 e. The Labute approximate surface area is 61.2 Å². The van der Waals surface area contributed by atoms with Crippen LogP contribution in [0.4, 0.5) is 0 Å². The minimum atomic E-state index is -2.70. The van der Waals surface area contributed by atoms with Gasteiger partial charge in [0.2, 0.25) is 7.94 Å². The number of allylic oxidation sites excluding steroid dienone is 1. The second kappa shape index (κ2) is 3.44. The molecule has 0 fully saturated rings. The maximum atomic E-state index is 11.3. The molecule has 10 heavy (non-hydrogen) atoms. The van der Waals surface area contributed by atoms with Gasteiger partial charge < -0.3 is 4.89 Å². The highest BCUT2D eigenvalue weighted by molar-refractivity contribution is 7.59. The molecule has 0 saturated heterocycles. The van der Waals surface area contributed by atoms with Crippen LogP contribution in [0.2, 0.25) is 0 Å². The fourth-order valence-electron chi connectivity index (χ4n) is 0.768. The van der Waals surface area contributed by atoms with Crippen LogP contribution in [0.3, 0.4) is 0 Å². The van der Waals surface area contributed by atoms with E-state index in [9.17, 15) is 4.89 Å². The fraction of sp³-hybridized carbons (Fsp3) is 0.667. The number of hydrogen-bond acceptors (Lipinski definition) is 3. The van der Waals surface area contributed by atoms with Gasteiger partial charge in [-0.25, -0.2) is 9.05 Å². The molecule has 0 saturated carbocycles. The summed E-state index contributed by atoms with van der Waals surface area (Å²) in [6.07, 6.45) is 4.09. The van der Waals surface area contributed by atoms with Gasteiger partial charge in [0.1, 0.15) is 12.8 Å². The number of rotatable bonds is 2. The van der Waals surface area contributed by atoms with Crippen LogP contribution < -0.4 is 4.89 Å². The molecule has 58 valence electrons. The highest BCUT2D eigenvalue weighted by atomic mass is 31.2. The normalized spacial score (nSPS) is 32.6. The Balaban J connectivity index is 2.43. The topological polar surface area (TPSA) is 41.5 Å². The summed E-state index contributed by atoms with van der Waals surface area (Å²) in [6.45, 7) is 2.67. The zero-order chi connectivity index (χ0) is 7.45. The first-order valence-electron chi connectivity index (χ1n) is 3.30. The first-order chi connectivity index (χ1) is 4.77. The van der Waals surface area contributed by atoms with E-state index in [1.165, 1.54) is 0 Å². The van der Waals surface area contributed by atoms with Crippen molar-refractivity contribution in [1.29, 1.82) is 0 Å². The maximum absolute atomic E-state index is 11.3. The molecule has 0 bridgehead atoms. The Morgan fingerprint density at radius 3 is 3.00 bits per heavy atom. The van der Waals surface area contributed by atoms with Gasteiger partial charge in [0.05, 0.1) is 6.61 Å². The summed E-state index contributed by atoms with van der Waals surface area (Å²) in [5.74, 6) is 0. The van der Waals surface area contributed by atoms with Crippen molar-refractivity contribution in [2.45, 2.75) is 6.92 Å². The summed E-state index contributed by atoms with van der Waals surface area (Å²) in [5.41, 5.74) is 0. The molecule has 0 aromatic carbocycles. The van der Waals surface area contributed by atoms with E-state index in [1.807, 2.05) is 12.2 Å². The van der Waals surface area contributed by atoms with Crippen molar-refractivity contribution in [3.05, 3.63) is 12.2 Å². The third-order valence-electron chi connectivity index (χ3n) is 1.19.